The number of hydrogen-bond acceptors (Lipinski definition) is 11. The van der Waals surface area contributed by atoms with E-state index in [0.717, 1.165) is 21.8 Å². The maximum atomic E-state index is 10.9. The van der Waals surface area contributed by atoms with Crippen molar-refractivity contribution in [3.05, 3.63) is 27.8 Å². The lowest BCUT2D eigenvalue weighted by molar-refractivity contribution is 0.0355. The second kappa shape index (κ2) is 17.8. The minimum atomic E-state index is -3.45. The van der Waals surface area contributed by atoms with Crippen molar-refractivity contribution < 1.29 is 44.1 Å². The first kappa shape index (κ1) is 31.4. The minimum absolute atomic E-state index is 0.0150. The molecule has 0 atom stereocenters. The lowest BCUT2D eigenvalue weighted by Crippen LogP contribution is -2.31. The van der Waals surface area contributed by atoms with E-state index >= 15 is 0 Å². The molecule has 0 bridgehead atoms. The second-order valence-electron chi connectivity index (χ2n) is 6.97. The van der Waals surface area contributed by atoms with Crippen molar-refractivity contribution in [2.24, 2.45) is 0 Å². The van der Waals surface area contributed by atoms with Gasteiger partial charge in [0.15, 0.2) is 0 Å². The molecule has 34 heavy (non-hydrogen) atoms. The van der Waals surface area contributed by atoms with Gasteiger partial charge < -0.3 is 23.8 Å². The number of ether oxygens (including phenoxy) is 4. The highest BCUT2D eigenvalue weighted by atomic mass is 127. The third-order valence-electron chi connectivity index (χ3n) is 4.00. The zero-order valence-electron chi connectivity index (χ0n) is 19.5. The van der Waals surface area contributed by atoms with Crippen molar-refractivity contribution in [2.45, 2.75) is 0 Å². The Kier molecular flexibility index (Phi) is 16.4. The summed E-state index contributed by atoms with van der Waals surface area (Å²) < 4.78 is 75.5. The first-order valence-corrected chi connectivity index (χ1v) is 15.3. The first-order valence-electron chi connectivity index (χ1n) is 10.6. The van der Waals surface area contributed by atoms with Crippen LogP contribution in [0, 0.1) is 3.57 Å². The van der Waals surface area contributed by atoms with E-state index in [1.807, 2.05) is 24.3 Å². The molecule has 11 nitrogen and oxygen atoms in total. The summed E-state index contributed by atoms with van der Waals surface area (Å²) in [5.41, 5.74) is 1.05. The van der Waals surface area contributed by atoms with E-state index in [2.05, 4.69) is 35.9 Å². The van der Waals surface area contributed by atoms with E-state index in [1.165, 1.54) is 0 Å². The number of rotatable bonds is 21. The monoisotopic (exact) mass is 639 g/mol. The molecule has 0 spiro atoms. The number of hydrogen-bond donors (Lipinski definition) is 0. The predicted octanol–water partition coefficient (Wildman–Crippen LogP) is 1.12. The van der Waals surface area contributed by atoms with E-state index in [-0.39, 0.29) is 26.4 Å². The summed E-state index contributed by atoms with van der Waals surface area (Å²) in [6.45, 7) is 4.06. The van der Waals surface area contributed by atoms with Crippen LogP contribution in [0.2, 0.25) is 0 Å². The van der Waals surface area contributed by atoms with Crippen LogP contribution in [0.3, 0.4) is 0 Å². The van der Waals surface area contributed by atoms with Gasteiger partial charge in [0.2, 0.25) is 0 Å². The Morgan fingerprint density at radius 2 is 0.971 bits per heavy atom. The van der Waals surface area contributed by atoms with E-state index < -0.39 is 20.2 Å². The van der Waals surface area contributed by atoms with Crippen LogP contribution in [0.1, 0.15) is 0 Å². The molecule has 0 amide bonds. The standard InChI is InChI=1S/C20H34INO10S2/c1-33(23,24)31-17-15-29-13-11-27-9-7-22(20-5-3-19(21)4-6-20)8-10-28-12-14-30-16-18-32-34(2,25)26/h3-6H,7-18H2,1-2H3. The molecule has 0 fully saturated rings. The molecule has 198 valence electrons. The van der Waals surface area contributed by atoms with E-state index in [1.54, 1.807) is 0 Å². The van der Waals surface area contributed by atoms with Crippen LogP contribution in [0.5, 0.6) is 0 Å². The Balaban J connectivity index is 2.22. The Labute approximate surface area is 216 Å². The molecule has 0 N–H and O–H groups in total. The molecule has 0 unspecified atom stereocenters. The molecule has 0 aromatic heterocycles. The highest BCUT2D eigenvalue weighted by Gasteiger charge is 2.07. The molecule has 0 heterocycles. The molecule has 1 aromatic rings. The zero-order valence-corrected chi connectivity index (χ0v) is 23.3. The third kappa shape index (κ3) is 18.7. The van der Waals surface area contributed by atoms with Gasteiger partial charge in [-0.25, -0.2) is 0 Å². The molecule has 0 aliphatic rings. The first-order chi connectivity index (χ1) is 16.1. The molecule has 0 aliphatic heterocycles. The summed E-state index contributed by atoms with van der Waals surface area (Å²) in [4.78, 5) is 2.15. The van der Waals surface area contributed by atoms with Crippen LogP contribution in [0.15, 0.2) is 24.3 Å². The molecule has 0 saturated heterocycles. The fourth-order valence-corrected chi connectivity index (χ4v) is 3.61. The number of halogens is 1. The van der Waals surface area contributed by atoms with Crippen LogP contribution in [0.25, 0.3) is 0 Å². The highest BCUT2D eigenvalue weighted by Crippen LogP contribution is 2.16. The van der Waals surface area contributed by atoms with Crippen LogP contribution < -0.4 is 4.90 Å². The van der Waals surface area contributed by atoms with Gasteiger partial charge in [-0.05, 0) is 46.9 Å². The highest BCUT2D eigenvalue weighted by molar-refractivity contribution is 14.1. The number of benzene rings is 1. The Bertz CT molecular complexity index is 816. The van der Waals surface area contributed by atoms with Gasteiger partial charge in [-0.2, -0.15) is 16.8 Å². The zero-order chi connectivity index (χ0) is 25.3. The quantitative estimate of drug-likeness (QED) is 0.109. The van der Waals surface area contributed by atoms with Gasteiger partial charge in [0.25, 0.3) is 20.2 Å². The minimum Gasteiger partial charge on any atom is -0.377 e. The predicted molar refractivity (Wildman–Crippen MR) is 136 cm³/mol. The van der Waals surface area contributed by atoms with Gasteiger partial charge in [-0.1, -0.05) is 0 Å². The summed E-state index contributed by atoms with van der Waals surface area (Å²) in [6.07, 6.45) is 1.99. The topological polar surface area (TPSA) is 127 Å². The van der Waals surface area contributed by atoms with Gasteiger partial charge in [0.05, 0.1) is 78.6 Å². The summed E-state index contributed by atoms with van der Waals surface area (Å²) in [7, 11) is -6.89. The van der Waals surface area contributed by atoms with E-state index in [4.69, 9.17) is 18.9 Å². The van der Waals surface area contributed by atoms with Gasteiger partial charge in [-0.15, -0.1) is 0 Å². The van der Waals surface area contributed by atoms with Gasteiger partial charge in [0.1, 0.15) is 0 Å². The third-order valence-corrected chi connectivity index (χ3v) is 5.91. The van der Waals surface area contributed by atoms with Crippen molar-refractivity contribution >= 4 is 48.5 Å². The Hall–Kier alpha value is -0.590. The van der Waals surface area contributed by atoms with Gasteiger partial charge in [0, 0.05) is 22.3 Å². The van der Waals surface area contributed by atoms with Crippen molar-refractivity contribution in [2.75, 3.05) is 96.6 Å². The van der Waals surface area contributed by atoms with Crippen LogP contribution in [0.4, 0.5) is 5.69 Å². The van der Waals surface area contributed by atoms with Crippen LogP contribution in [-0.4, -0.2) is 109 Å². The van der Waals surface area contributed by atoms with E-state index in [9.17, 15) is 16.8 Å². The molecule has 1 rings (SSSR count). The van der Waals surface area contributed by atoms with Crippen molar-refractivity contribution in [3.8, 4) is 0 Å². The average molecular weight is 640 g/mol. The summed E-state index contributed by atoms with van der Waals surface area (Å²) >= 11 is 2.25. The van der Waals surface area contributed by atoms with Crippen molar-refractivity contribution in [3.63, 3.8) is 0 Å². The maximum Gasteiger partial charge on any atom is 0.264 e. The Morgan fingerprint density at radius 1 is 0.618 bits per heavy atom. The van der Waals surface area contributed by atoms with Crippen LogP contribution >= 0.6 is 22.6 Å². The molecule has 1 aromatic carbocycles. The number of anilines is 1. The molecule has 0 saturated carbocycles. The molecule has 14 heteroatoms. The smallest absolute Gasteiger partial charge is 0.264 e. The van der Waals surface area contributed by atoms with Crippen LogP contribution in [-0.2, 0) is 47.5 Å². The summed E-state index contributed by atoms with van der Waals surface area (Å²) in [6, 6.07) is 8.14. The van der Waals surface area contributed by atoms with Gasteiger partial charge in [-0.3, -0.25) is 8.37 Å². The lowest BCUT2D eigenvalue weighted by atomic mass is 10.3. The maximum absolute atomic E-state index is 10.9. The second-order valence-corrected chi connectivity index (χ2v) is 11.5. The van der Waals surface area contributed by atoms with Crippen molar-refractivity contribution in [1.29, 1.82) is 0 Å². The fourth-order valence-electron chi connectivity index (χ4n) is 2.50. The molecular weight excluding hydrogens is 605 g/mol. The van der Waals surface area contributed by atoms with Gasteiger partial charge >= 0.3 is 0 Å². The number of nitrogens with zero attached hydrogens (tertiary/aromatic N) is 1. The van der Waals surface area contributed by atoms with E-state index in [0.29, 0.717) is 52.7 Å². The van der Waals surface area contributed by atoms with Crippen molar-refractivity contribution in [1.82, 2.24) is 0 Å². The normalized spacial score (nSPS) is 12.2. The molecule has 0 radical (unpaired) electrons. The SMILES string of the molecule is CS(=O)(=O)OCCOCCOCCN(CCOCCOCCOS(C)(=O)=O)c1ccc(I)cc1. The largest absolute Gasteiger partial charge is 0.377 e. The fraction of sp³-hybridized carbons (Fsp3) is 0.700. The summed E-state index contributed by atoms with van der Waals surface area (Å²) in [5, 5.41) is 0. The molecule has 0 aliphatic carbocycles. The molecular formula is C20H34INO10S2. The summed E-state index contributed by atoms with van der Waals surface area (Å²) in [5.74, 6) is 0. The lowest BCUT2D eigenvalue weighted by Gasteiger charge is -2.25. The Morgan fingerprint density at radius 3 is 1.35 bits per heavy atom. The average Bonchev–Trinajstić information content (AvgIpc) is 2.74.